The van der Waals surface area contributed by atoms with Gasteiger partial charge in [0.15, 0.2) is 0 Å². The highest BCUT2D eigenvalue weighted by Gasteiger charge is 2.48. The summed E-state index contributed by atoms with van der Waals surface area (Å²) in [5.74, 6) is 1.05. The summed E-state index contributed by atoms with van der Waals surface area (Å²) in [5, 5.41) is 9.30. The van der Waals surface area contributed by atoms with Gasteiger partial charge in [-0.1, -0.05) is 32.9 Å². The maximum atomic E-state index is 11.3. The highest BCUT2D eigenvalue weighted by Crippen LogP contribution is 2.44. The smallest absolute Gasteiger partial charge is 0.407 e. The minimum absolute atomic E-state index is 0.0307. The van der Waals surface area contributed by atoms with E-state index in [0.29, 0.717) is 18.4 Å². The van der Waals surface area contributed by atoms with Crippen LogP contribution in [0, 0.1) is 17.3 Å². The van der Waals surface area contributed by atoms with Gasteiger partial charge in [0.05, 0.1) is 0 Å². The van der Waals surface area contributed by atoms with Crippen LogP contribution in [0.4, 0.5) is 4.79 Å². The molecule has 3 atom stereocenters. The summed E-state index contributed by atoms with van der Waals surface area (Å²) >= 11 is 0. The molecule has 0 bridgehead atoms. The van der Waals surface area contributed by atoms with Crippen molar-refractivity contribution >= 4 is 6.09 Å². The molecule has 0 saturated carbocycles. The molecule has 16 heavy (non-hydrogen) atoms. The Bertz CT molecular complexity index is 316. The van der Waals surface area contributed by atoms with Crippen molar-refractivity contribution in [2.75, 3.05) is 6.54 Å². The third-order valence-corrected chi connectivity index (χ3v) is 3.92. The molecule has 1 saturated heterocycles. The summed E-state index contributed by atoms with van der Waals surface area (Å²) in [5.41, 5.74) is 0.0307. The second-order valence-electron chi connectivity index (χ2n) is 6.11. The number of fused-ring (bicyclic) bond motifs is 1. The zero-order valence-electron chi connectivity index (χ0n) is 10.3. The molecule has 2 aliphatic rings. The lowest BCUT2D eigenvalue weighted by molar-refractivity contribution is 0.0906. The molecule has 2 rings (SSSR count). The van der Waals surface area contributed by atoms with Gasteiger partial charge in [0.2, 0.25) is 0 Å². The lowest BCUT2D eigenvalue weighted by atomic mass is 9.73. The minimum atomic E-state index is -0.755. The van der Waals surface area contributed by atoms with Gasteiger partial charge in [-0.15, -0.1) is 0 Å². The van der Waals surface area contributed by atoms with Crippen LogP contribution < -0.4 is 0 Å². The topological polar surface area (TPSA) is 40.5 Å². The molecular weight excluding hydrogens is 202 g/mol. The van der Waals surface area contributed by atoms with Crippen molar-refractivity contribution in [2.45, 2.75) is 39.7 Å². The van der Waals surface area contributed by atoms with Gasteiger partial charge >= 0.3 is 6.09 Å². The van der Waals surface area contributed by atoms with E-state index in [1.54, 1.807) is 4.90 Å². The Morgan fingerprint density at radius 1 is 1.31 bits per heavy atom. The number of hydrogen-bond donors (Lipinski definition) is 1. The van der Waals surface area contributed by atoms with Crippen molar-refractivity contribution in [3.63, 3.8) is 0 Å². The first-order valence-electron chi connectivity index (χ1n) is 6.06. The van der Waals surface area contributed by atoms with E-state index < -0.39 is 6.09 Å². The summed E-state index contributed by atoms with van der Waals surface area (Å²) in [6, 6.07) is 0.167. The van der Waals surface area contributed by atoms with Crippen LogP contribution >= 0.6 is 0 Å². The Hall–Kier alpha value is -0.990. The molecule has 1 aliphatic carbocycles. The Morgan fingerprint density at radius 2 is 1.94 bits per heavy atom. The van der Waals surface area contributed by atoms with Crippen molar-refractivity contribution in [1.82, 2.24) is 4.90 Å². The minimum Gasteiger partial charge on any atom is -0.465 e. The van der Waals surface area contributed by atoms with Crippen LogP contribution in [0.25, 0.3) is 0 Å². The molecule has 3 heteroatoms. The van der Waals surface area contributed by atoms with Gasteiger partial charge in [-0.05, 0) is 30.1 Å². The van der Waals surface area contributed by atoms with Crippen LogP contribution in [0.1, 0.15) is 33.6 Å². The fraction of sp³-hybridized carbons (Fsp3) is 0.769. The standard InChI is InChI=1S/C13H21NO2/c1-13(2,3)11-10-7-5-4-6-9(10)8-14(11)12(15)16/h4-5,9-11H,6-8H2,1-3H3,(H,15,16). The zero-order chi connectivity index (χ0) is 11.9. The molecule has 90 valence electrons. The summed E-state index contributed by atoms with van der Waals surface area (Å²) < 4.78 is 0. The van der Waals surface area contributed by atoms with E-state index in [1.807, 2.05) is 0 Å². The molecule has 1 N–H and O–H groups in total. The molecule has 0 aromatic rings. The van der Waals surface area contributed by atoms with E-state index >= 15 is 0 Å². The van der Waals surface area contributed by atoms with Crippen LogP contribution in [-0.2, 0) is 0 Å². The fourth-order valence-electron chi connectivity index (χ4n) is 3.39. The SMILES string of the molecule is CC(C)(C)C1C2CC=CCC2CN1C(=O)O. The molecule has 0 radical (unpaired) electrons. The summed E-state index contributed by atoms with van der Waals surface area (Å²) in [6.07, 6.45) is 5.74. The van der Waals surface area contributed by atoms with Gasteiger partial charge < -0.3 is 10.0 Å². The first-order valence-corrected chi connectivity index (χ1v) is 6.06. The fourth-order valence-corrected chi connectivity index (χ4v) is 3.39. The quantitative estimate of drug-likeness (QED) is 0.641. The van der Waals surface area contributed by atoms with E-state index in [4.69, 9.17) is 0 Å². The Kier molecular flexibility index (Phi) is 2.72. The second kappa shape index (κ2) is 3.79. The molecular formula is C13H21NO2. The second-order valence-corrected chi connectivity index (χ2v) is 6.11. The lowest BCUT2D eigenvalue weighted by Gasteiger charge is -2.37. The monoisotopic (exact) mass is 223 g/mol. The number of hydrogen-bond acceptors (Lipinski definition) is 1. The molecule has 0 spiro atoms. The number of allylic oxidation sites excluding steroid dienone is 2. The maximum absolute atomic E-state index is 11.3. The molecule has 0 aromatic carbocycles. The zero-order valence-corrected chi connectivity index (χ0v) is 10.3. The Morgan fingerprint density at radius 3 is 2.50 bits per heavy atom. The highest BCUT2D eigenvalue weighted by molar-refractivity contribution is 5.66. The van der Waals surface area contributed by atoms with Gasteiger partial charge in [0, 0.05) is 12.6 Å². The molecule has 1 amide bonds. The maximum Gasteiger partial charge on any atom is 0.407 e. The van der Waals surface area contributed by atoms with Crippen LogP contribution in [0.15, 0.2) is 12.2 Å². The van der Waals surface area contributed by atoms with Crippen LogP contribution in [0.5, 0.6) is 0 Å². The van der Waals surface area contributed by atoms with E-state index in [9.17, 15) is 9.90 Å². The predicted octanol–water partition coefficient (Wildman–Crippen LogP) is 2.98. The number of amides is 1. The molecule has 3 unspecified atom stereocenters. The number of carbonyl (C=O) groups is 1. The number of nitrogens with zero attached hydrogens (tertiary/aromatic N) is 1. The van der Waals surface area contributed by atoms with Crippen LogP contribution in [0.3, 0.4) is 0 Å². The van der Waals surface area contributed by atoms with Gasteiger partial charge in [-0.3, -0.25) is 0 Å². The van der Waals surface area contributed by atoms with Gasteiger partial charge in [0.1, 0.15) is 0 Å². The first kappa shape index (κ1) is 11.5. The molecule has 1 heterocycles. The number of rotatable bonds is 0. The van der Waals surface area contributed by atoms with Crippen molar-refractivity contribution in [2.24, 2.45) is 17.3 Å². The predicted molar refractivity (Wildman–Crippen MR) is 63.3 cm³/mol. The third kappa shape index (κ3) is 1.83. The third-order valence-electron chi connectivity index (χ3n) is 3.92. The van der Waals surface area contributed by atoms with Crippen molar-refractivity contribution in [3.8, 4) is 0 Å². The summed E-state index contributed by atoms with van der Waals surface area (Å²) in [6.45, 7) is 7.16. The average molecular weight is 223 g/mol. The van der Waals surface area contributed by atoms with E-state index in [1.165, 1.54) is 0 Å². The van der Waals surface area contributed by atoms with Gasteiger partial charge in [-0.25, -0.2) is 4.79 Å². The number of likely N-dealkylation sites (tertiary alicyclic amines) is 1. The average Bonchev–Trinajstić information content (AvgIpc) is 2.55. The summed E-state index contributed by atoms with van der Waals surface area (Å²) in [4.78, 5) is 13.0. The Labute approximate surface area is 97.1 Å². The van der Waals surface area contributed by atoms with Crippen molar-refractivity contribution in [1.29, 1.82) is 0 Å². The van der Waals surface area contributed by atoms with Crippen LogP contribution in [0.2, 0.25) is 0 Å². The van der Waals surface area contributed by atoms with Gasteiger partial charge in [-0.2, -0.15) is 0 Å². The molecule has 3 nitrogen and oxygen atoms in total. The van der Waals surface area contributed by atoms with Crippen LogP contribution in [-0.4, -0.2) is 28.7 Å². The highest BCUT2D eigenvalue weighted by atomic mass is 16.4. The number of carboxylic acid groups (broad SMARTS) is 1. The van der Waals surface area contributed by atoms with E-state index in [2.05, 4.69) is 32.9 Å². The van der Waals surface area contributed by atoms with E-state index in [0.717, 1.165) is 12.8 Å². The molecule has 0 aromatic heterocycles. The lowest BCUT2D eigenvalue weighted by Crippen LogP contribution is -2.45. The summed E-state index contributed by atoms with van der Waals surface area (Å²) in [7, 11) is 0. The van der Waals surface area contributed by atoms with Crippen molar-refractivity contribution in [3.05, 3.63) is 12.2 Å². The normalized spacial score (nSPS) is 33.9. The first-order chi connectivity index (χ1) is 7.41. The van der Waals surface area contributed by atoms with Gasteiger partial charge in [0.25, 0.3) is 0 Å². The van der Waals surface area contributed by atoms with Crippen molar-refractivity contribution < 1.29 is 9.90 Å². The molecule has 1 fully saturated rings. The molecule has 1 aliphatic heterocycles. The largest absolute Gasteiger partial charge is 0.465 e. The Balaban J connectivity index is 2.28. The van der Waals surface area contributed by atoms with E-state index in [-0.39, 0.29) is 11.5 Å².